The van der Waals surface area contributed by atoms with E-state index in [1.54, 1.807) is 0 Å². The standard InChI is InChI=1S/C16H18BrN3.HI/c1-2-12-6-5-8-14(10-12)20-16(18)19-11-13-7-3-4-9-15(13)17;/h3-10H,2,11H2,1H3,(H3,18,19,20);1H. The van der Waals surface area contributed by atoms with Crippen molar-refractivity contribution >= 4 is 51.6 Å². The van der Waals surface area contributed by atoms with E-state index >= 15 is 0 Å². The predicted octanol–water partition coefficient (Wildman–Crippen LogP) is 4.56. The monoisotopic (exact) mass is 459 g/mol. The molecule has 112 valence electrons. The number of aliphatic imine (C=N–C) groups is 1. The van der Waals surface area contributed by atoms with Gasteiger partial charge in [0.1, 0.15) is 0 Å². The molecule has 0 aromatic heterocycles. The highest BCUT2D eigenvalue weighted by Crippen LogP contribution is 2.16. The molecule has 0 aliphatic rings. The number of nitrogens with zero attached hydrogens (tertiary/aromatic N) is 1. The molecule has 0 aliphatic carbocycles. The minimum atomic E-state index is 0. The van der Waals surface area contributed by atoms with Crippen LogP contribution in [0.1, 0.15) is 18.1 Å². The molecule has 0 radical (unpaired) electrons. The van der Waals surface area contributed by atoms with Gasteiger partial charge in [-0.25, -0.2) is 4.99 Å². The van der Waals surface area contributed by atoms with Crippen molar-refractivity contribution in [3.8, 4) is 0 Å². The number of hydrogen-bond donors (Lipinski definition) is 2. The second kappa shape index (κ2) is 9.04. The number of rotatable bonds is 4. The zero-order valence-electron chi connectivity index (χ0n) is 11.8. The molecule has 2 aromatic rings. The van der Waals surface area contributed by atoms with Crippen LogP contribution in [0.25, 0.3) is 0 Å². The van der Waals surface area contributed by atoms with Crippen LogP contribution in [0.5, 0.6) is 0 Å². The van der Waals surface area contributed by atoms with E-state index in [1.807, 2.05) is 36.4 Å². The topological polar surface area (TPSA) is 50.4 Å². The van der Waals surface area contributed by atoms with Crippen molar-refractivity contribution < 1.29 is 0 Å². The second-order valence-electron chi connectivity index (χ2n) is 4.47. The molecule has 0 atom stereocenters. The molecule has 3 N–H and O–H groups in total. The van der Waals surface area contributed by atoms with Crippen molar-refractivity contribution in [2.75, 3.05) is 5.32 Å². The largest absolute Gasteiger partial charge is 0.370 e. The highest BCUT2D eigenvalue weighted by Gasteiger charge is 1.99. The van der Waals surface area contributed by atoms with Crippen LogP contribution in [-0.2, 0) is 13.0 Å². The Morgan fingerprint density at radius 3 is 2.67 bits per heavy atom. The Hall–Kier alpha value is -1.08. The molecule has 0 amide bonds. The van der Waals surface area contributed by atoms with Gasteiger partial charge in [0.05, 0.1) is 6.54 Å². The number of halogens is 2. The molecule has 0 aliphatic heterocycles. The minimum Gasteiger partial charge on any atom is -0.370 e. The molecule has 0 spiro atoms. The van der Waals surface area contributed by atoms with E-state index in [0.29, 0.717) is 12.5 Å². The molecule has 0 bridgehead atoms. The van der Waals surface area contributed by atoms with Crippen LogP contribution in [0, 0.1) is 0 Å². The Morgan fingerprint density at radius 1 is 1.19 bits per heavy atom. The van der Waals surface area contributed by atoms with E-state index in [4.69, 9.17) is 5.73 Å². The summed E-state index contributed by atoms with van der Waals surface area (Å²) in [6.07, 6.45) is 1.00. The maximum absolute atomic E-state index is 5.92. The Labute approximate surface area is 151 Å². The lowest BCUT2D eigenvalue weighted by molar-refractivity contribution is 1.05. The summed E-state index contributed by atoms with van der Waals surface area (Å²) in [5, 5.41) is 3.12. The second-order valence-corrected chi connectivity index (χ2v) is 5.33. The molecule has 0 saturated carbocycles. The lowest BCUT2D eigenvalue weighted by atomic mass is 10.1. The minimum absolute atomic E-state index is 0. The molecule has 0 saturated heterocycles. The van der Waals surface area contributed by atoms with Crippen LogP contribution >= 0.6 is 39.9 Å². The summed E-state index contributed by atoms with van der Waals surface area (Å²) < 4.78 is 1.05. The molecule has 2 aromatic carbocycles. The zero-order chi connectivity index (χ0) is 14.4. The number of nitrogens with two attached hydrogens (primary N) is 1. The van der Waals surface area contributed by atoms with Crippen molar-refractivity contribution in [2.24, 2.45) is 10.7 Å². The van der Waals surface area contributed by atoms with Crippen molar-refractivity contribution in [3.05, 3.63) is 64.1 Å². The van der Waals surface area contributed by atoms with E-state index in [0.717, 1.165) is 22.1 Å². The van der Waals surface area contributed by atoms with Crippen LogP contribution in [0.15, 0.2) is 58.0 Å². The fourth-order valence-electron chi connectivity index (χ4n) is 1.85. The third-order valence-corrected chi connectivity index (χ3v) is 3.76. The number of anilines is 1. The van der Waals surface area contributed by atoms with Crippen molar-refractivity contribution in [3.63, 3.8) is 0 Å². The SMILES string of the molecule is CCc1cccc(NC(N)=NCc2ccccc2Br)c1.I. The van der Waals surface area contributed by atoms with E-state index in [-0.39, 0.29) is 24.0 Å². The summed E-state index contributed by atoms with van der Waals surface area (Å²) in [4.78, 5) is 4.36. The normalized spacial score (nSPS) is 10.9. The average Bonchev–Trinajstić information content (AvgIpc) is 2.46. The Bertz CT molecular complexity index is 614. The van der Waals surface area contributed by atoms with Gasteiger partial charge in [-0.3, -0.25) is 0 Å². The smallest absolute Gasteiger partial charge is 0.193 e. The molecular formula is C16H19BrIN3. The molecule has 2 rings (SSSR count). The third-order valence-electron chi connectivity index (χ3n) is 2.99. The summed E-state index contributed by atoms with van der Waals surface area (Å²) in [6.45, 7) is 2.68. The van der Waals surface area contributed by atoms with E-state index < -0.39 is 0 Å². The Balaban J connectivity index is 0.00000220. The van der Waals surface area contributed by atoms with Gasteiger partial charge in [-0.15, -0.1) is 24.0 Å². The van der Waals surface area contributed by atoms with Gasteiger partial charge in [0, 0.05) is 10.2 Å². The van der Waals surface area contributed by atoms with Crippen molar-refractivity contribution in [1.29, 1.82) is 0 Å². The van der Waals surface area contributed by atoms with Crippen LogP contribution in [-0.4, -0.2) is 5.96 Å². The first kappa shape index (κ1) is 18.0. The molecule has 21 heavy (non-hydrogen) atoms. The highest BCUT2D eigenvalue weighted by molar-refractivity contribution is 14.0. The fraction of sp³-hybridized carbons (Fsp3) is 0.188. The summed E-state index contributed by atoms with van der Waals surface area (Å²) >= 11 is 3.50. The maximum Gasteiger partial charge on any atom is 0.193 e. The predicted molar refractivity (Wildman–Crippen MR) is 104 cm³/mol. The zero-order valence-corrected chi connectivity index (χ0v) is 15.8. The lowest BCUT2D eigenvalue weighted by Gasteiger charge is -2.07. The number of benzene rings is 2. The number of nitrogens with one attached hydrogen (secondary N) is 1. The maximum atomic E-state index is 5.92. The van der Waals surface area contributed by atoms with Gasteiger partial charge in [-0.2, -0.15) is 0 Å². The van der Waals surface area contributed by atoms with Crippen molar-refractivity contribution in [1.82, 2.24) is 0 Å². The van der Waals surface area contributed by atoms with Crippen LogP contribution in [0.2, 0.25) is 0 Å². The fourth-order valence-corrected chi connectivity index (χ4v) is 2.26. The Kier molecular flexibility index (Phi) is 7.74. The third kappa shape index (κ3) is 5.67. The van der Waals surface area contributed by atoms with Gasteiger partial charge in [-0.05, 0) is 35.7 Å². The van der Waals surface area contributed by atoms with E-state index in [1.165, 1.54) is 5.56 Å². The summed E-state index contributed by atoms with van der Waals surface area (Å²) in [5.74, 6) is 0.425. The lowest BCUT2D eigenvalue weighted by Crippen LogP contribution is -2.22. The summed E-state index contributed by atoms with van der Waals surface area (Å²) in [6, 6.07) is 16.2. The van der Waals surface area contributed by atoms with Gasteiger partial charge >= 0.3 is 0 Å². The molecule has 0 fully saturated rings. The molecular weight excluding hydrogens is 441 g/mol. The average molecular weight is 460 g/mol. The van der Waals surface area contributed by atoms with Crippen LogP contribution < -0.4 is 11.1 Å². The number of guanidine groups is 1. The number of aryl methyl sites for hydroxylation is 1. The summed E-state index contributed by atoms with van der Waals surface area (Å²) in [7, 11) is 0. The highest BCUT2D eigenvalue weighted by atomic mass is 127. The summed E-state index contributed by atoms with van der Waals surface area (Å²) in [5.41, 5.74) is 9.27. The first-order chi connectivity index (χ1) is 9.69. The van der Waals surface area contributed by atoms with Gasteiger partial charge in [0.15, 0.2) is 5.96 Å². The van der Waals surface area contributed by atoms with Gasteiger partial charge in [-0.1, -0.05) is 53.2 Å². The Morgan fingerprint density at radius 2 is 1.95 bits per heavy atom. The van der Waals surface area contributed by atoms with Gasteiger partial charge in [0.2, 0.25) is 0 Å². The molecule has 0 unspecified atom stereocenters. The first-order valence-electron chi connectivity index (χ1n) is 6.58. The molecule has 0 heterocycles. The van der Waals surface area contributed by atoms with Crippen LogP contribution in [0.4, 0.5) is 5.69 Å². The first-order valence-corrected chi connectivity index (χ1v) is 7.37. The van der Waals surface area contributed by atoms with Crippen LogP contribution in [0.3, 0.4) is 0 Å². The number of hydrogen-bond acceptors (Lipinski definition) is 1. The quantitative estimate of drug-likeness (QED) is 0.400. The van der Waals surface area contributed by atoms with E-state index in [9.17, 15) is 0 Å². The van der Waals surface area contributed by atoms with Crippen molar-refractivity contribution in [2.45, 2.75) is 19.9 Å². The molecule has 5 heteroatoms. The van der Waals surface area contributed by atoms with E-state index in [2.05, 4.69) is 45.3 Å². The molecule has 3 nitrogen and oxygen atoms in total. The van der Waals surface area contributed by atoms with Gasteiger partial charge in [0.25, 0.3) is 0 Å². The van der Waals surface area contributed by atoms with Gasteiger partial charge < -0.3 is 11.1 Å².